The minimum atomic E-state index is -0.274. The van der Waals surface area contributed by atoms with E-state index in [4.69, 9.17) is 0 Å². The first kappa shape index (κ1) is 29.2. The van der Waals surface area contributed by atoms with E-state index >= 15 is 0 Å². The average Bonchev–Trinajstić information content (AvgIpc) is 2.93. The van der Waals surface area contributed by atoms with E-state index in [1.807, 2.05) is 0 Å². The molecule has 0 saturated carbocycles. The second-order valence-corrected chi connectivity index (χ2v) is 10.7. The molecule has 0 radical (unpaired) electrons. The molecule has 1 aliphatic rings. The molecule has 3 rings (SSSR count). The van der Waals surface area contributed by atoms with Gasteiger partial charge in [0.15, 0.2) is 11.6 Å². The molecular weight excluding hydrogens is 480 g/mol. The number of amides is 2. The van der Waals surface area contributed by atoms with Gasteiger partial charge in [0.25, 0.3) is 0 Å². The van der Waals surface area contributed by atoms with Crippen LogP contribution in [0.15, 0.2) is 36.4 Å². The van der Waals surface area contributed by atoms with Crippen LogP contribution in [0.5, 0.6) is 0 Å². The maximum Gasteiger partial charge on any atom is 0.230 e. The fourth-order valence-electron chi connectivity index (χ4n) is 4.58. The summed E-state index contributed by atoms with van der Waals surface area (Å²) in [6.45, 7) is 13.7. The molecule has 0 aliphatic heterocycles. The van der Waals surface area contributed by atoms with E-state index in [9.17, 15) is 19.2 Å². The van der Waals surface area contributed by atoms with E-state index < -0.39 is 0 Å². The Morgan fingerprint density at radius 2 is 0.947 bits per heavy atom. The van der Waals surface area contributed by atoms with Crippen molar-refractivity contribution in [1.29, 1.82) is 0 Å². The van der Waals surface area contributed by atoms with Gasteiger partial charge in [-0.1, -0.05) is 0 Å². The van der Waals surface area contributed by atoms with E-state index in [1.54, 1.807) is 36.4 Å². The molecule has 0 bridgehead atoms. The number of rotatable bonds is 12. The predicted octanol–water partition coefficient (Wildman–Crippen LogP) is 4.09. The monoisotopic (exact) mass is 522 g/mol. The van der Waals surface area contributed by atoms with E-state index in [0.29, 0.717) is 35.3 Å². The second-order valence-electron chi connectivity index (χ2n) is 10.7. The number of carbonyl (C=O) groups is 4. The van der Waals surface area contributed by atoms with Crippen LogP contribution in [0, 0.1) is 0 Å². The summed E-state index contributed by atoms with van der Waals surface area (Å²) in [7, 11) is 4.25. The lowest BCUT2D eigenvalue weighted by atomic mass is 9.83. The van der Waals surface area contributed by atoms with Crippen molar-refractivity contribution in [3.8, 4) is 0 Å². The standard InChI is InChI=1S/C30H40N4O4/c1-7-33(5,8-2)17-15-27(35)31-21-11-13-23-25(19-21)29(37)24-14-12-22(20-26(24)30(23)38)32-28(36)16-18-34(6,9-3)10-4/h11-14,19-20H,7-10,15-18H2,1-6H3/p+2. The number of fused-ring (bicyclic) bond motifs is 2. The Morgan fingerprint density at radius 3 is 1.26 bits per heavy atom. The van der Waals surface area contributed by atoms with Gasteiger partial charge in [-0.3, -0.25) is 19.2 Å². The van der Waals surface area contributed by atoms with Gasteiger partial charge in [0.2, 0.25) is 11.8 Å². The lowest BCUT2D eigenvalue weighted by Crippen LogP contribution is -2.45. The zero-order chi connectivity index (χ0) is 28.1. The van der Waals surface area contributed by atoms with Gasteiger partial charge in [-0.25, -0.2) is 0 Å². The van der Waals surface area contributed by atoms with Gasteiger partial charge in [-0.2, -0.15) is 0 Å². The average molecular weight is 523 g/mol. The van der Waals surface area contributed by atoms with Gasteiger partial charge in [0, 0.05) is 33.6 Å². The first-order chi connectivity index (χ1) is 18.0. The third-order valence-corrected chi connectivity index (χ3v) is 8.40. The Labute approximate surface area is 226 Å². The fraction of sp³-hybridized carbons (Fsp3) is 0.467. The summed E-state index contributed by atoms with van der Waals surface area (Å²) in [4.78, 5) is 51.7. The smallest absolute Gasteiger partial charge is 0.230 e. The Balaban J connectivity index is 1.72. The van der Waals surface area contributed by atoms with Crippen molar-refractivity contribution in [3.05, 3.63) is 58.7 Å². The highest BCUT2D eigenvalue weighted by molar-refractivity contribution is 6.29. The number of nitrogens with zero attached hydrogens (tertiary/aromatic N) is 2. The minimum Gasteiger partial charge on any atom is -0.326 e. The van der Waals surface area contributed by atoms with Gasteiger partial charge in [-0.15, -0.1) is 0 Å². The highest BCUT2D eigenvalue weighted by atomic mass is 16.2. The zero-order valence-corrected chi connectivity index (χ0v) is 23.6. The number of ketones is 2. The van der Waals surface area contributed by atoms with Gasteiger partial charge < -0.3 is 19.6 Å². The number of anilines is 2. The Morgan fingerprint density at radius 1 is 0.605 bits per heavy atom. The summed E-state index contributed by atoms with van der Waals surface area (Å²) in [6, 6.07) is 9.65. The largest absolute Gasteiger partial charge is 0.326 e. The molecule has 0 saturated heterocycles. The molecule has 8 heteroatoms. The molecule has 38 heavy (non-hydrogen) atoms. The number of hydrogen-bond acceptors (Lipinski definition) is 4. The number of hydrogen-bond donors (Lipinski definition) is 2. The van der Waals surface area contributed by atoms with Crippen molar-refractivity contribution in [2.24, 2.45) is 0 Å². The first-order valence-electron chi connectivity index (χ1n) is 13.6. The molecule has 0 atom stereocenters. The van der Waals surface area contributed by atoms with Crippen LogP contribution in [0.1, 0.15) is 72.4 Å². The number of nitrogens with one attached hydrogen (secondary N) is 2. The molecule has 0 heterocycles. The van der Waals surface area contributed by atoms with Crippen LogP contribution in [0.2, 0.25) is 0 Å². The fourth-order valence-corrected chi connectivity index (χ4v) is 4.58. The van der Waals surface area contributed by atoms with Crippen molar-refractivity contribution in [2.45, 2.75) is 40.5 Å². The van der Waals surface area contributed by atoms with Crippen LogP contribution in [-0.4, -0.2) is 85.7 Å². The van der Waals surface area contributed by atoms with E-state index in [-0.39, 0.29) is 34.5 Å². The molecule has 1 aliphatic carbocycles. The molecule has 0 fully saturated rings. The van der Waals surface area contributed by atoms with Gasteiger partial charge >= 0.3 is 0 Å². The van der Waals surface area contributed by atoms with Gasteiger partial charge in [0.05, 0.1) is 66.2 Å². The quantitative estimate of drug-likeness (QED) is 0.351. The lowest BCUT2D eigenvalue weighted by Gasteiger charge is -2.31. The van der Waals surface area contributed by atoms with E-state index in [0.717, 1.165) is 48.2 Å². The molecule has 2 amide bonds. The van der Waals surface area contributed by atoms with Crippen molar-refractivity contribution in [2.75, 3.05) is 64.0 Å². The summed E-state index contributed by atoms with van der Waals surface area (Å²) in [5.74, 6) is -0.792. The summed E-state index contributed by atoms with van der Waals surface area (Å²) in [5.41, 5.74) is 2.13. The Kier molecular flexibility index (Phi) is 9.22. The molecule has 2 aromatic rings. The first-order valence-corrected chi connectivity index (χ1v) is 13.6. The molecule has 0 unspecified atom stereocenters. The summed E-state index contributed by atoms with van der Waals surface area (Å²) >= 11 is 0. The molecule has 0 aromatic heterocycles. The molecule has 2 N–H and O–H groups in total. The molecule has 204 valence electrons. The summed E-state index contributed by atoms with van der Waals surface area (Å²) < 4.78 is 1.61. The summed E-state index contributed by atoms with van der Waals surface area (Å²) in [5, 5.41) is 5.74. The number of carbonyl (C=O) groups excluding carboxylic acids is 4. The maximum atomic E-state index is 13.3. The SMILES string of the molecule is CC[N+](C)(CC)CCC(=O)Nc1ccc2c(c1)C(=O)c1ccc(NC(=O)CC[N+](C)(CC)CC)cc1C2=O. The molecule has 8 nitrogen and oxygen atoms in total. The highest BCUT2D eigenvalue weighted by Crippen LogP contribution is 2.31. The third-order valence-electron chi connectivity index (χ3n) is 8.40. The zero-order valence-electron chi connectivity index (χ0n) is 23.6. The highest BCUT2D eigenvalue weighted by Gasteiger charge is 2.30. The minimum absolute atomic E-state index is 0.122. The Bertz CT molecular complexity index is 1130. The maximum absolute atomic E-state index is 13.3. The number of benzene rings is 2. The van der Waals surface area contributed by atoms with Crippen LogP contribution < -0.4 is 10.6 Å². The van der Waals surface area contributed by atoms with Gasteiger partial charge in [0.1, 0.15) is 0 Å². The van der Waals surface area contributed by atoms with Crippen LogP contribution in [0.3, 0.4) is 0 Å². The van der Waals surface area contributed by atoms with Gasteiger partial charge in [-0.05, 0) is 64.1 Å². The van der Waals surface area contributed by atoms with Crippen molar-refractivity contribution in [1.82, 2.24) is 0 Å². The third kappa shape index (κ3) is 6.55. The van der Waals surface area contributed by atoms with Crippen LogP contribution in [-0.2, 0) is 9.59 Å². The van der Waals surface area contributed by atoms with Crippen LogP contribution in [0.4, 0.5) is 11.4 Å². The summed E-state index contributed by atoms with van der Waals surface area (Å²) in [6.07, 6.45) is 0.739. The van der Waals surface area contributed by atoms with Crippen molar-refractivity contribution >= 4 is 34.8 Å². The lowest BCUT2D eigenvalue weighted by molar-refractivity contribution is -0.905. The number of quaternary nitrogens is 2. The van der Waals surface area contributed by atoms with Crippen molar-refractivity contribution < 1.29 is 28.1 Å². The normalized spacial score (nSPS) is 13.1. The van der Waals surface area contributed by atoms with Crippen LogP contribution >= 0.6 is 0 Å². The van der Waals surface area contributed by atoms with E-state index in [1.165, 1.54) is 0 Å². The van der Waals surface area contributed by atoms with Crippen LogP contribution in [0.25, 0.3) is 0 Å². The topological polar surface area (TPSA) is 92.3 Å². The molecule has 2 aromatic carbocycles. The van der Waals surface area contributed by atoms with Crippen molar-refractivity contribution in [3.63, 3.8) is 0 Å². The molecular formula is C30H42N4O4+2. The second kappa shape index (κ2) is 12.0. The van der Waals surface area contributed by atoms with E-state index in [2.05, 4.69) is 52.4 Å². The molecule has 0 spiro atoms. The Hall–Kier alpha value is -3.36. The predicted molar refractivity (Wildman–Crippen MR) is 151 cm³/mol.